The quantitative estimate of drug-likeness (QED) is 0.809. The number of hydrogen-bond acceptors (Lipinski definition) is 3. The van der Waals surface area contributed by atoms with E-state index >= 15 is 0 Å². The maximum Gasteiger partial charge on any atom is 0.252 e. The highest BCUT2D eigenvalue weighted by Crippen LogP contribution is 2.42. The van der Waals surface area contributed by atoms with E-state index in [0.29, 0.717) is 12.1 Å². The molecule has 2 N–H and O–H groups in total. The summed E-state index contributed by atoms with van der Waals surface area (Å²) in [5.74, 6) is 0.831. The van der Waals surface area contributed by atoms with Crippen molar-refractivity contribution in [2.45, 2.75) is 57.7 Å². The van der Waals surface area contributed by atoms with Crippen LogP contribution in [-0.2, 0) is 6.42 Å². The number of hydrogen-bond donors (Lipinski definition) is 2. The summed E-state index contributed by atoms with van der Waals surface area (Å²) >= 11 is 0. The van der Waals surface area contributed by atoms with E-state index in [2.05, 4.69) is 53.6 Å². The number of benzene rings is 2. The minimum absolute atomic E-state index is 0.00982. The Morgan fingerprint density at radius 1 is 1.20 bits per heavy atom. The van der Waals surface area contributed by atoms with Gasteiger partial charge in [-0.1, -0.05) is 42.5 Å². The predicted molar refractivity (Wildman–Crippen MR) is 121 cm³/mol. The minimum atomic E-state index is -0.00982. The van der Waals surface area contributed by atoms with Crippen LogP contribution in [0.4, 0.5) is 0 Å². The summed E-state index contributed by atoms with van der Waals surface area (Å²) in [6.45, 7) is 7.58. The number of rotatable bonds is 3. The maximum absolute atomic E-state index is 13.5. The largest absolute Gasteiger partial charge is 0.346 e. The van der Waals surface area contributed by atoms with Crippen molar-refractivity contribution in [1.29, 1.82) is 0 Å². The predicted octanol–water partition coefficient (Wildman–Crippen LogP) is 4.16. The number of aryl methyl sites for hydroxylation is 1. The van der Waals surface area contributed by atoms with Crippen LogP contribution in [0.25, 0.3) is 0 Å². The van der Waals surface area contributed by atoms with Gasteiger partial charge in [0.2, 0.25) is 0 Å². The topological polar surface area (TPSA) is 44.4 Å². The first-order valence-corrected chi connectivity index (χ1v) is 11.6. The molecule has 0 saturated carbocycles. The minimum Gasteiger partial charge on any atom is -0.346 e. The molecule has 0 radical (unpaired) electrons. The van der Waals surface area contributed by atoms with Crippen LogP contribution < -0.4 is 10.6 Å². The van der Waals surface area contributed by atoms with Crippen LogP contribution in [0, 0.1) is 12.8 Å². The number of nitrogens with one attached hydrogen (secondary N) is 2. The Bertz CT molecular complexity index is 925. The van der Waals surface area contributed by atoms with Crippen LogP contribution >= 0.6 is 0 Å². The van der Waals surface area contributed by atoms with E-state index in [0.717, 1.165) is 55.1 Å². The molecule has 3 aliphatic rings. The summed E-state index contributed by atoms with van der Waals surface area (Å²) in [6.07, 6.45) is 4.80. The molecule has 5 rings (SSSR count). The molecule has 1 amide bonds. The van der Waals surface area contributed by atoms with Crippen molar-refractivity contribution in [2.75, 3.05) is 19.6 Å². The molecule has 4 atom stereocenters. The highest BCUT2D eigenvalue weighted by Gasteiger charge is 2.41. The van der Waals surface area contributed by atoms with Crippen molar-refractivity contribution in [1.82, 2.24) is 15.5 Å². The number of piperidine rings is 2. The lowest BCUT2D eigenvalue weighted by atomic mass is 9.75. The van der Waals surface area contributed by atoms with Gasteiger partial charge in [0.25, 0.3) is 5.91 Å². The van der Waals surface area contributed by atoms with E-state index in [1.807, 2.05) is 18.2 Å². The Hall–Kier alpha value is -2.17. The van der Waals surface area contributed by atoms with Crippen molar-refractivity contribution in [2.24, 2.45) is 5.92 Å². The molecule has 0 spiro atoms. The van der Waals surface area contributed by atoms with Crippen molar-refractivity contribution in [3.8, 4) is 0 Å². The molecule has 4 heteroatoms. The van der Waals surface area contributed by atoms with Crippen molar-refractivity contribution >= 4 is 5.91 Å². The highest BCUT2D eigenvalue weighted by molar-refractivity contribution is 5.98. The molecular weight excluding hydrogens is 370 g/mol. The van der Waals surface area contributed by atoms with Gasteiger partial charge in [0.05, 0.1) is 6.04 Å². The number of nitrogens with zero attached hydrogens (tertiary/aromatic N) is 1. The van der Waals surface area contributed by atoms with Crippen LogP contribution in [-0.4, -0.2) is 36.5 Å². The zero-order valence-corrected chi connectivity index (χ0v) is 18.2. The van der Waals surface area contributed by atoms with E-state index < -0.39 is 0 Å². The fourth-order valence-corrected chi connectivity index (χ4v) is 5.91. The van der Waals surface area contributed by atoms with E-state index in [1.54, 1.807) is 0 Å². The van der Waals surface area contributed by atoms with Gasteiger partial charge in [0, 0.05) is 30.7 Å². The van der Waals surface area contributed by atoms with Gasteiger partial charge in [-0.05, 0) is 74.2 Å². The average molecular weight is 404 g/mol. The van der Waals surface area contributed by atoms with Gasteiger partial charge in [-0.25, -0.2) is 0 Å². The molecule has 2 fully saturated rings. The lowest BCUT2D eigenvalue weighted by molar-refractivity contribution is 0.0542. The second-order valence-corrected chi connectivity index (χ2v) is 9.40. The number of carbonyl (C=O) groups excluding carboxylic acids is 1. The highest BCUT2D eigenvalue weighted by atomic mass is 16.1. The summed E-state index contributed by atoms with van der Waals surface area (Å²) in [7, 11) is 0. The smallest absolute Gasteiger partial charge is 0.252 e. The molecular formula is C26H33N3O. The van der Waals surface area contributed by atoms with Gasteiger partial charge in [-0.3, -0.25) is 9.69 Å². The third-order valence-electron chi connectivity index (χ3n) is 7.53. The summed E-state index contributed by atoms with van der Waals surface area (Å²) in [5.41, 5.74) is 5.81. The van der Waals surface area contributed by atoms with Crippen LogP contribution in [0.2, 0.25) is 0 Å². The first-order chi connectivity index (χ1) is 14.6. The fourth-order valence-electron chi connectivity index (χ4n) is 5.91. The maximum atomic E-state index is 13.5. The molecule has 3 heterocycles. The first-order valence-electron chi connectivity index (χ1n) is 11.6. The average Bonchev–Trinajstić information content (AvgIpc) is 2.78. The molecule has 2 aromatic carbocycles. The Labute approximate surface area is 180 Å². The SMILES string of the molecule is Cc1ccc2c(c1C(=O)N[C@H](C)c1ccccc1)[C@@H]1C[C@@H]3NCCC[C@@H]3CN1CC2. The standard InChI is InChI=1S/C26H33N3O/c1-17-10-11-20-12-14-29-16-21-9-6-13-27-22(21)15-23(29)25(20)24(17)26(30)28-18(2)19-7-4-3-5-8-19/h3-5,7-8,10-11,18,21-23,27H,6,9,12-16H2,1-2H3,(H,28,30)/t18-,21-,22+,23+/m1/s1. The van der Waals surface area contributed by atoms with Gasteiger partial charge in [-0.2, -0.15) is 0 Å². The van der Waals surface area contributed by atoms with E-state index in [1.165, 1.54) is 24.0 Å². The van der Waals surface area contributed by atoms with Gasteiger partial charge < -0.3 is 10.6 Å². The number of carbonyl (C=O) groups is 1. The normalized spacial score (nSPS) is 26.8. The lowest BCUT2D eigenvalue weighted by Crippen LogP contribution is -2.55. The van der Waals surface area contributed by atoms with Gasteiger partial charge >= 0.3 is 0 Å². The van der Waals surface area contributed by atoms with E-state index in [9.17, 15) is 4.79 Å². The van der Waals surface area contributed by atoms with Crippen LogP contribution in [0.15, 0.2) is 42.5 Å². The van der Waals surface area contributed by atoms with Gasteiger partial charge in [0.15, 0.2) is 0 Å². The molecule has 0 aromatic heterocycles. The van der Waals surface area contributed by atoms with Crippen molar-refractivity contribution in [3.63, 3.8) is 0 Å². The zero-order chi connectivity index (χ0) is 20.7. The van der Waals surface area contributed by atoms with Gasteiger partial charge in [-0.15, -0.1) is 0 Å². The van der Waals surface area contributed by atoms with E-state index in [4.69, 9.17) is 0 Å². The first kappa shape index (κ1) is 19.8. The molecule has 0 bridgehead atoms. The van der Waals surface area contributed by atoms with Crippen molar-refractivity contribution in [3.05, 3.63) is 70.3 Å². The molecule has 158 valence electrons. The van der Waals surface area contributed by atoms with Crippen molar-refractivity contribution < 1.29 is 4.79 Å². The Kier molecular flexibility index (Phi) is 5.38. The number of amides is 1. The molecule has 0 unspecified atom stereocenters. The molecule has 0 aliphatic carbocycles. The number of fused-ring (bicyclic) bond motifs is 4. The third-order valence-corrected chi connectivity index (χ3v) is 7.53. The molecule has 30 heavy (non-hydrogen) atoms. The Morgan fingerprint density at radius 3 is 2.87 bits per heavy atom. The van der Waals surface area contributed by atoms with Crippen LogP contribution in [0.5, 0.6) is 0 Å². The second kappa shape index (κ2) is 8.16. The Balaban J connectivity index is 1.46. The monoisotopic (exact) mass is 403 g/mol. The molecule has 3 aliphatic heterocycles. The lowest BCUT2D eigenvalue weighted by Gasteiger charge is -2.49. The van der Waals surface area contributed by atoms with E-state index in [-0.39, 0.29) is 11.9 Å². The third kappa shape index (κ3) is 3.57. The summed E-state index contributed by atoms with van der Waals surface area (Å²) in [6, 6.07) is 15.6. The van der Waals surface area contributed by atoms with Gasteiger partial charge in [0.1, 0.15) is 0 Å². The summed E-state index contributed by atoms with van der Waals surface area (Å²) in [5, 5.41) is 7.06. The van der Waals surface area contributed by atoms with Crippen LogP contribution in [0.1, 0.15) is 70.9 Å². The second-order valence-electron chi connectivity index (χ2n) is 9.40. The fraction of sp³-hybridized carbons (Fsp3) is 0.500. The Morgan fingerprint density at radius 2 is 2.03 bits per heavy atom. The summed E-state index contributed by atoms with van der Waals surface area (Å²) in [4.78, 5) is 16.2. The molecule has 2 saturated heterocycles. The summed E-state index contributed by atoms with van der Waals surface area (Å²) < 4.78 is 0. The van der Waals surface area contributed by atoms with Crippen LogP contribution in [0.3, 0.4) is 0 Å². The zero-order valence-electron chi connectivity index (χ0n) is 18.2. The molecule has 4 nitrogen and oxygen atoms in total. The molecule has 2 aromatic rings.